The SMILES string of the molecule is CCOc1cccc(CNC(=O)/C=C/c2ccc(Cl)cc2Cl)c1. The van der Waals surface area contributed by atoms with Crippen LogP contribution in [0.4, 0.5) is 0 Å². The molecule has 2 aromatic carbocycles. The molecule has 0 saturated heterocycles. The zero-order valence-corrected chi connectivity index (χ0v) is 14.2. The molecule has 0 bridgehead atoms. The molecule has 0 unspecified atom stereocenters. The van der Waals surface area contributed by atoms with E-state index in [0.29, 0.717) is 23.2 Å². The van der Waals surface area contributed by atoms with Gasteiger partial charge in [0.05, 0.1) is 6.61 Å². The second-order valence-corrected chi connectivity index (χ2v) is 5.64. The number of rotatable bonds is 6. The van der Waals surface area contributed by atoms with Crippen LogP contribution in [0.3, 0.4) is 0 Å². The normalized spacial score (nSPS) is 10.7. The zero-order valence-electron chi connectivity index (χ0n) is 12.7. The van der Waals surface area contributed by atoms with Crippen LogP contribution in [-0.4, -0.2) is 12.5 Å². The minimum absolute atomic E-state index is 0.196. The van der Waals surface area contributed by atoms with E-state index in [1.54, 1.807) is 24.3 Å². The molecule has 1 N–H and O–H groups in total. The Balaban J connectivity index is 1.92. The van der Waals surface area contributed by atoms with E-state index in [-0.39, 0.29) is 5.91 Å². The van der Waals surface area contributed by atoms with E-state index in [9.17, 15) is 4.79 Å². The Morgan fingerprint density at radius 2 is 2.04 bits per heavy atom. The van der Waals surface area contributed by atoms with Crippen molar-refractivity contribution in [3.05, 3.63) is 69.7 Å². The maximum Gasteiger partial charge on any atom is 0.244 e. The summed E-state index contributed by atoms with van der Waals surface area (Å²) < 4.78 is 5.43. The lowest BCUT2D eigenvalue weighted by Crippen LogP contribution is -2.20. The number of benzene rings is 2. The van der Waals surface area contributed by atoms with Crippen LogP contribution >= 0.6 is 23.2 Å². The number of hydrogen-bond donors (Lipinski definition) is 1. The van der Waals surface area contributed by atoms with Crippen molar-refractivity contribution in [3.8, 4) is 5.75 Å². The average Bonchev–Trinajstić information content (AvgIpc) is 2.53. The Morgan fingerprint density at radius 3 is 2.78 bits per heavy atom. The van der Waals surface area contributed by atoms with E-state index in [4.69, 9.17) is 27.9 Å². The Bertz CT molecular complexity index is 714. The van der Waals surface area contributed by atoms with Gasteiger partial charge in [0, 0.05) is 22.7 Å². The van der Waals surface area contributed by atoms with Crippen molar-refractivity contribution in [2.45, 2.75) is 13.5 Å². The highest BCUT2D eigenvalue weighted by Gasteiger charge is 2.01. The third-order valence-electron chi connectivity index (χ3n) is 3.05. The van der Waals surface area contributed by atoms with Gasteiger partial charge in [-0.1, -0.05) is 41.4 Å². The van der Waals surface area contributed by atoms with Crippen molar-refractivity contribution in [3.63, 3.8) is 0 Å². The van der Waals surface area contributed by atoms with Crippen molar-refractivity contribution in [2.75, 3.05) is 6.61 Å². The first-order valence-electron chi connectivity index (χ1n) is 7.21. The third kappa shape index (κ3) is 5.62. The Labute approximate surface area is 145 Å². The largest absolute Gasteiger partial charge is 0.494 e. The minimum Gasteiger partial charge on any atom is -0.494 e. The first-order chi connectivity index (χ1) is 11.1. The molecule has 0 spiro atoms. The molecule has 2 aromatic rings. The number of hydrogen-bond acceptors (Lipinski definition) is 2. The predicted molar refractivity (Wildman–Crippen MR) is 95.0 cm³/mol. The van der Waals surface area contributed by atoms with Crippen LogP contribution in [0.1, 0.15) is 18.1 Å². The van der Waals surface area contributed by atoms with E-state index < -0.39 is 0 Å². The highest BCUT2D eigenvalue weighted by molar-refractivity contribution is 6.35. The summed E-state index contributed by atoms with van der Waals surface area (Å²) in [5, 5.41) is 3.89. The standard InChI is InChI=1S/C18H17Cl2NO2/c1-2-23-16-5-3-4-13(10-16)12-21-18(22)9-7-14-6-8-15(19)11-17(14)20/h3-11H,2,12H2,1H3,(H,21,22)/b9-7+. The van der Waals surface area contributed by atoms with Gasteiger partial charge in [-0.15, -0.1) is 0 Å². The first kappa shape index (κ1) is 17.4. The van der Waals surface area contributed by atoms with E-state index in [1.165, 1.54) is 6.08 Å². The van der Waals surface area contributed by atoms with Crippen molar-refractivity contribution < 1.29 is 9.53 Å². The van der Waals surface area contributed by atoms with Crippen LogP contribution in [0.25, 0.3) is 6.08 Å². The first-order valence-corrected chi connectivity index (χ1v) is 7.97. The Kier molecular flexibility index (Phi) is 6.51. The summed E-state index contributed by atoms with van der Waals surface area (Å²) in [6.07, 6.45) is 3.10. The van der Waals surface area contributed by atoms with Crippen LogP contribution in [0.5, 0.6) is 5.75 Å². The maximum absolute atomic E-state index is 11.9. The fourth-order valence-electron chi connectivity index (χ4n) is 1.96. The average molecular weight is 350 g/mol. The number of carbonyl (C=O) groups excluding carboxylic acids is 1. The van der Waals surface area contributed by atoms with Crippen molar-refractivity contribution >= 4 is 35.2 Å². The fraction of sp³-hybridized carbons (Fsp3) is 0.167. The molecule has 5 heteroatoms. The fourth-order valence-corrected chi connectivity index (χ4v) is 2.43. The smallest absolute Gasteiger partial charge is 0.244 e. The van der Waals surface area contributed by atoms with Gasteiger partial charge in [-0.05, 0) is 48.4 Å². The number of halogens is 2. The van der Waals surface area contributed by atoms with Gasteiger partial charge >= 0.3 is 0 Å². The summed E-state index contributed by atoms with van der Waals surface area (Å²) in [5.74, 6) is 0.598. The van der Waals surface area contributed by atoms with Gasteiger partial charge in [-0.25, -0.2) is 0 Å². The molecule has 120 valence electrons. The molecule has 0 radical (unpaired) electrons. The number of ether oxygens (including phenoxy) is 1. The quantitative estimate of drug-likeness (QED) is 0.766. The van der Waals surface area contributed by atoms with Crippen molar-refractivity contribution in [1.82, 2.24) is 5.32 Å². The molecule has 0 aliphatic rings. The van der Waals surface area contributed by atoms with E-state index in [1.807, 2.05) is 31.2 Å². The molecule has 0 aliphatic heterocycles. The molecule has 1 amide bonds. The minimum atomic E-state index is -0.196. The van der Waals surface area contributed by atoms with Gasteiger partial charge in [0.25, 0.3) is 0 Å². The van der Waals surface area contributed by atoms with Gasteiger partial charge in [0.1, 0.15) is 5.75 Å². The van der Waals surface area contributed by atoms with Crippen LogP contribution in [0.2, 0.25) is 10.0 Å². The lowest BCUT2D eigenvalue weighted by Gasteiger charge is -2.06. The van der Waals surface area contributed by atoms with Crippen LogP contribution in [-0.2, 0) is 11.3 Å². The highest BCUT2D eigenvalue weighted by Crippen LogP contribution is 2.21. The molecule has 0 atom stereocenters. The van der Waals surface area contributed by atoms with Gasteiger partial charge in [-0.2, -0.15) is 0 Å². The predicted octanol–water partition coefficient (Wildman–Crippen LogP) is 4.72. The van der Waals surface area contributed by atoms with Crippen LogP contribution < -0.4 is 10.1 Å². The molecule has 23 heavy (non-hydrogen) atoms. The summed E-state index contributed by atoms with van der Waals surface area (Å²) in [6.45, 7) is 2.97. The molecule has 0 saturated carbocycles. The van der Waals surface area contributed by atoms with Gasteiger partial charge in [0.2, 0.25) is 5.91 Å². The Hall–Kier alpha value is -1.97. The van der Waals surface area contributed by atoms with Crippen LogP contribution in [0.15, 0.2) is 48.5 Å². The second kappa shape index (κ2) is 8.61. The van der Waals surface area contributed by atoms with Crippen LogP contribution in [0, 0.1) is 0 Å². The number of nitrogens with one attached hydrogen (secondary N) is 1. The maximum atomic E-state index is 11.9. The summed E-state index contributed by atoms with van der Waals surface area (Å²) in [5.41, 5.74) is 1.71. The van der Waals surface area contributed by atoms with Crippen molar-refractivity contribution in [1.29, 1.82) is 0 Å². The molecule has 0 aromatic heterocycles. The van der Waals surface area contributed by atoms with Crippen molar-refractivity contribution in [2.24, 2.45) is 0 Å². The van der Waals surface area contributed by atoms with Gasteiger partial charge < -0.3 is 10.1 Å². The number of amides is 1. The summed E-state index contributed by atoms with van der Waals surface area (Å²) >= 11 is 11.9. The van der Waals surface area contributed by atoms with Gasteiger partial charge in [-0.3, -0.25) is 4.79 Å². The molecular weight excluding hydrogens is 333 g/mol. The molecule has 0 heterocycles. The highest BCUT2D eigenvalue weighted by atomic mass is 35.5. The summed E-state index contributed by atoms with van der Waals surface area (Å²) in [7, 11) is 0. The summed E-state index contributed by atoms with van der Waals surface area (Å²) in [6, 6.07) is 12.8. The number of carbonyl (C=O) groups is 1. The third-order valence-corrected chi connectivity index (χ3v) is 3.62. The zero-order chi connectivity index (χ0) is 16.7. The monoisotopic (exact) mass is 349 g/mol. The molecule has 3 nitrogen and oxygen atoms in total. The Morgan fingerprint density at radius 1 is 1.22 bits per heavy atom. The molecular formula is C18H17Cl2NO2. The topological polar surface area (TPSA) is 38.3 Å². The lowest BCUT2D eigenvalue weighted by atomic mass is 10.2. The summed E-state index contributed by atoms with van der Waals surface area (Å²) in [4.78, 5) is 11.9. The van der Waals surface area contributed by atoms with E-state index in [2.05, 4.69) is 5.32 Å². The molecule has 0 aliphatic carbocycles. The van der Waals surface area contributed by atoms with Gasteiger partial charge in [0.15, 0.2) is 0 Å². The van der Waals surface area contributed by atoms with E-state index >= 15 is 0 Å². The molecule has 0 fully saturated rings. The van der Waals surface area contributed by atoms with E-state index in [0.717, 1.165) is 16.9 Å². The lowest BCUT2D eigenvalue weighted by molar-refractivity contribution is -0.116. The molecule has 2 rings (SSSR count). The second-order valence-electron chi connectivity index (χ2n) is 4.80.